The van der Waals surface area contributed by atoms with Crippen LogP contribution >= 0.6 is 12.2 Å². The van der Waals surface area contributed by atoms with Crippen LogP contribution in [0.1, 0.15) is 72.1 Å². The quantitative estimate of drug-likeness (QED) is 0.386. The molecule has 5 nitrogen and oxygen atoms in total. The molecule has 0 unspecified atom stereocenters. The Labute approximate surface area is 191 Å². The Morgan fingerprint density at radius 3 is 2.65 bits per heavy atom. The normalized spacial score (nSPS) is 41.2. The van der Waals surface area contributed by atoms with Gasteiger partial charge in [0, 0.05) is 19.3 Å². The second-order valence-electron chi connectivity index (χ2n) is 10.7. The van der Waals surface area contributed by atoms with Crippen molar-refractivity contribution < 1.29 is 19.1 Å². The van der Waals surface area contributed by atoms with E-state index in [9.17, 15) is 9.59 Å². The van der Waals surface area contributed by atoms with Crippen molar-refractivity contribution in [2.75, 3.05) is 13.7 Å². The van der Waals surface area contributed by atoms with Crippen LogP contribution in [-0.4, -0.2) is 36.7 Å². The predicted octanol–water partition coefficient (Wildman–Crippen LogP) is 4.59. The van der Waals surface area contributed by atoms with E-state index >= 15 is 0 Å². The van der Waals surface area contributed by atoms with E-state index in [2.05, 4.69) is 25.2 Å². The van der Waals surface area contributed by atoms with Crippen molar-refractivity contribution in [3.8, 4) is 0 Å². The summed E-state index contributed by atoms with van der Waals surface area (Å²) in [5, 5.41) is 3.18. The monoisotopic (exact) mass is 447 g/mol. The number of fused-ring (bicyclic) bond motifs is 5. The Morgan fingerprint density at radius 2 is 1.94 bits per heavy atom. The molecule has 4 rings (SSSR count). The van der Waals surface area contributed by atoms with E-state index in [0.29, 0.717) is 23.7 Å². The van der Waals surface area contributed by atoms with Crippen molar-refractivity contribution in [1.29, 1.82) is 0 Å². The number of carbonyl (C=O) groups excluding carboxylic acids is 2. The maximum Gasteiger partial charge on any atom is 0.325 e. The summed E-state index contributed by atoms with van der Waals surface area (Å²) in [6.07, 6.45) is 11.4. The van der Waals surface area contributed by atoms with Gasteiger partial charge in [-0.05, 0) is 73.5 Å². The first-order valence-electron chi connectivity index (χ1n) is 11.9. The van der Waals surface area contributed by atoms with Gasteiger partial charge in [0.25, 0.3) is 0 Å². The molecule has 0 radical (unpaired) electrons. The fraction of sp³-hybridized carbons (Fsp3) is 0.800. The van der Waals surface area contributed by atoms with Gasteiger partial charge in [0.05, 0.1) is 12.1 Å². The topological polar surface area (TPSA) is 64.6 Å². The molecule has 4 aliphatic rings. The molecule has 7 atom stereocenters. The van der Waals surface area contributed by atoms with E-state index in [-0.39, 0.29) is 35.4 Å². The Bertz CT molecular complexity index is 794. The van der Waals surface area contributed by atoms with Gasteiger partial charge < -0.3 is 14.8 Å². The zero-order valence-electron chi connectivity index (χ0n) is 19.4. The van der Waals surface area contributed by atoms with Crippen LogP contribution in [0.15, 0.2) is 11.6 Å². The molecule has 0 bridgehead atoms. The third kappa shape index (κ3) is 3.94. The van der Waals surface area contributed by atoms with Gasteiger partial charge in [-0.1, -0.05) is 37.7 Å². The highest BCUT2D eigenvalue weighted by Crippen LogP contribution is 2.66. The number of nitrogens with one attached hydrogen (secondary N) is 1. The number of ether oxygens (including phenoxy) is 2. The molecule has 172 valence electrons. The highest BCUT2D eigenvalue weighted by atomic mass is 32.1. The maximum atomic E-state index is 11.6. The molecule has 0 aliphatic heterocycles. The van der Waals surface area contributed by atoms with Gasteiger partial charge >= 0.3 is 11.9 Å². The molecule has 0 spiro atoms. The molecular formula is C25H37NO4S. The summed E-state index contributed by atoms with van der Waals surface area (Å²) in [6, 6.07) is 0. The fourth-order valence-corrected chi connectivity index (χ4v) is 8.21. The summed E-state index contributed by atoms with van der Waals surface area (Å²) in [5.41, 5.74) is 1.97. The summed E-state index contributed by atoms with van der Waals surface area (Å²) < 4.78 is 10.3. The SMILES string of the molecule is COC(=O)CNC(=S)[C@H]1CC[C@H]2[C@@H]3CC=C4C[C@@H](OC(C)=O)CC[C@]4(C)[C@H]3CC[C@]12C. The minimum Gasteiger partial charge on any atom is -0.468 e. The Hall–Kier alpha value is -1.43. The van der Waals surface area contributed by atoms with E-state index in [1.54, 1.807) is 0 Å². The van der Waals surface area contributed by atoms with Gasteiger partial charge in [-0.25, -0.2) is 0 Å². The lowest BCUT2D eigenvalue weighted by Crippen LogP contribution is -2.52. The van der Waals surface area contributed by atoms with Gasteiger partial charge in [0.15, 0.2) is 0 Å². The van der Waals surface area contributed by atoms with Crippen molar-refractivity contribution in [1.82, 2.24) is 5.32 Å². The van der Waals surface area contributed by atoms with Gasteiger partial charge in [0.1, 0.15) is 12.6 Å². The molecule has 3 saturated carbocycles. The van der Waals surface area contributed by atoms with Crippen molar-refractivity contribution in [3.63, 3.8) is 0 Å². The molecule has 4 aliphatic carbocycles. The number of carbonyl (C=O) groups is 2. The summed E-state index contributed by atoms with van der Waals surface area (Å²) in [7, 11) is 1.41. The molecule has 3 fully saturated rings. The van der Waals surface area contributed by atoms with Gasteiger partial charge in [-0.2, -0.15) is 0 Å². The summed E-state index contributed by atoms with van der Waals surface area (Å²) in [6.45, 7) is 6.59. The Kier molecular flexibility index (Phi) is 6.23. The molecule has 0 aromatic carbocycles. The van der Waals surface area contributed by atoms with E-state index < -0.39 is 0 Å². The highest BCUT2D eigenvalue weighted by molar-refractivity contribution is 7.80. The molecule has 0 aromatic heterocycles. The van der Waals surface area contributed by atoms with E-state index in [1.165, 1.54) is 38.9 Å². The molecule has 1 N–H and O–H groups in total. The number of rotatable bonds is 4. The zero-order chi connectivity index (χ0) is 22.4. The van der Waals surface area contributed by atoms with Gasteiger partial charge in [-0.15, -0.1) is 0 Å². The minimum absolute atomic E-state index is 0.0522. The fourth-order valence-electron chi connectivity index (χ4n) is 7.75. The number of thiocarbonyl (C=S) groups is 1. The third-order valence-corrected chi connectivity index (χ3v) is 9.77. The zero-order valence-corrected chi connectivity index (χ0v) is 20.2. The Morgan fingerprint density at radius 1 is 1.16 bits per heavy atom. The van der Waals surface area contributed by atoms with Crippen molar-refractivity contribution in [2.24, 2.45) is 34.5 Å². The number of hydrogen-bond donors (Lipinski definition) is 1. The van der Waals surface area contributed by atoms with E-state index in [1.807, 2.05) is 0 Å². The van der Waals surface area contributed by atoms with Crippen molar-refractivity contribution >= 4 is 29.1 Å². The average molecular weight is 448 g/mol. The lowest BCUT2D eigenvalue weighted by molar-refractivity contribution is -0.148. The second kappa shape index (κ2) is 8.49. The van der Waals surface area contributed by atoms with Crippen LogP contribution in [-0.2, 0) is 19.1 Å². The van der Waals surface area contributed by atoms with Crippen LogP contribution < -0.4 is 5.32 Å². The van der Waals surface area contributed by atoms with Crippen molar-refractivity contribution in [2.45, 2.75) is 78.2 Å². The number of allylic oxidation sites excluding steroid dienone is 1. The van der Waals surface area contributed by atoms with Gasteiger partial charge in [-0.3, -0.25) is 9.59 Å². The van der Waals surface area contributed by atoms with Crippen LogP contribution in [0.3, 0.4) is 0 Å². The molecule has 31 heavy (non-hydrogen) atoms. The Balaban J connectivity index is 1.49. The van der Waals surface area contributed by atoms with Crippen LogP contribution in [0.2, 0.25) is 0 Å². The number of esters is 2. The van der Waals surface area contributed by atoms with E-state index in [4.69, 9.17) is 21.7 Å². The maximum absolute atomic E-state index is 11.6. The summed E-state index contributed by atoms with van der Waals surface area (Å²) in [4.78, 5) is 23.8. The number of hydrogen-bond acceptors (Lipinski definition) is 5. The van der Waals surface area contributed by atoms with Gasteiger partial charge in [0.2, 0.25) is 0 Å². The molecular weight excluding hydrogens is 410 g/mol. The first-order valence-corrected chi connectivity index (χ1v) is 12.3. The van der Waals surface area contributed by atoms with Crippen LogP contribution in [0.5, 0.6) is 0 Å². The summed E-state index contributed by atoms with van der Waals surface area (Å²) in [5.74, 6) is 1.99. The average Bonchev–Trinajstić information content (AvgIpc) is 3.09. The van der Waals surface area contributed by atoms with Crippen LogP contribution in [0, 0.1) is 34.5 Å². The van der Waals surface area contributed by atoms with E-state index in [0.717, 1.165) is 37.1 Å². The molecule has 0 amide bonds. The first-order chi connectivity index (χ1) is 14.7. The highest BCUT2D eigenvalue weighted by Gasteiger charge is 2.59. The predicted molar refractivity (Wildman–Crippen MR) is 123 cm³/mol. The molecule has 0 heterocycles. The standard InChI is InChI=1S/C25H37NO4S/c1-15(27)30-17-9-11-24(2)16(13-17)5-6-18-19-7-8-21(23(31)26-14-22(28)29-4)25(19,3)12-10-20(18)24/h5,17-21H,6-14H2,1-4H3,(H,26,31)/t17-,18-,19-,20-,21+,24-,25-/m0/s1. The minimum atomic E-state index is -0.270. The third-order valence-electron chi connectivity index (χ3n) is 9.34. The lowest BCUT2D eigenvalue weighted by atomic mass is 9.47. The second-order valence-corrected chi connectivity index (χ2v) is 11.1. The largest absolute Gasteiger partial charge is 0.468 e. The molecule has 0 saturated heterocycles. The first kappa shape index (κ1) is 22.8. The summed E-state index contributed by atoms with van der Waals surface area (Å²) >= 11 is 5.76. The lowest BCUT2D eigenvalue weighted by Gasteiger charge is -2.58. The number of methoxy groups -OCH3 is 1. The molecule has 0 aromatic rings. The van der Waals surface area contributed by atoms with Crippen LogP contribution in [0.25, 0.3) is 0 Å². The van der Waals surface area contributed by atoms with Crippen molar-refractivity contribution in [3.05, 3.63) is 11.6 Å². The molecule has 6 heteroatoms. The smallest absolute Gasteiger partial charge is 0.325 e. The van der Waals surface area contributed by atoms with Crippen LogP contribution in [0.4, 0.5) is 0 Å².